The highest BCUT2D eigenvalue weighted by molar-refractivity contribution is 7.99. The molecule has 0 saturated carbocycles. The van der Waals surface area contributed by atoms with E-state index in [4.69, 9.17) is 9.47 Å². The first-order chi connectivity index (χ1) is 12.2. The molecule has 0 aliphatic carbocycles. The van der Waals surface area contributed by atoms with Crippen LogP contribution in [0, 0.1) is 0 Å². The van der Waals surface area contributed by atoms with Gasteiger partial charge in [-0.2, -0.15) is 0 Å². The number of rotatable bonds is 7. The maximum atomic E-state index is 12.5. The minimum atomic E-state index is -0.0403. The Hall–Kier alpha value is -2.87. The molecule has 8 heteroatoms. The van der Waals surface area contributed by atoms with E-state index in [1.54, 1.807) is 42.4 Å². The highest BCUT2D eigenvalue weighted by Gasteiger charge is 2.14. The number of carbonyl (C=O) groups is 1. The van der Waals surface area contributed by atoms with Gasteiger partial charge >= 0.3 is 0 Å². The van der Waals surface area contributed by atoms with Gasteiger partial charge in [-0.1, -0.05) is 17.8 Å². The molecule has 7 nitrogen and oxygen atoms in total. The maximum Gasteiger partial charge on any atom is 0.197 e. The number of Topliss-reactive ketones (excluding diaryl/α,β-unsaturated/α-hetero) is 1. The van der Waals surface area contributed by atoms with Crippen molar-refractivity contribution < 1.29 is 14.3 Å². The van der Waals surface area contributed by atoms with Gasteiger partial charge in [0.2, 0.25) is 0 Å². The second-order valence-electron chi connectivity index (χ2n) is 4.95. The van der Waals surface area contributed by atoms with Gasteiger partial charge in [-0.25, -0.2) is 4.98 Å². The van der Waals surface area contributed by atoms with Crippen LogP contribution < -0.4 is 9.47 Å². The van der Waals surface area contributed by atoms with E-state index in [-0.39, 0.29) is 11.5 Å². The molecule has 0 amide bonds. The van der Waals surface area contributed by atoms with Gasteiger partial charge in [-0.15, -0.1) is 10.2 Å². The summed E-state index contributed by atoms with van der Waals surface area (Å²) in [6.07, 6.45) is 3.27. The number of carbonyl (C=O) groups excluding carboxylic acids is 1. The third-order valence-corrected chi connectivity index (χ3v) is 4.39. The zero-order chi connectivity index (χ0) is 17.6. The number of pyridine rings is 1. The predicted molar refractivity (Wildman–Crippen MR) is 93.8 cm³/mol. The van der Waals surface area contributed by atoms with Gasteiger partial charge in [-0.3, -0.25) is 9.36 Å². The third kappa shape index (κ3) is 3.80. The highest BCUT2D eigenvalue weighted by atomic mass is 32.2. The third-order valence-electron chi connectivity index (χ3n) is 3.45. The van der Waals surface area contributed by atoms with Gasteiger partial charge in [-0.05, 0) is 30.3 Å². The maximum absolute atomic E-state index is 12.5. The fourth-order valence-corrected chi connectivity index (χ4v) is 3.01. The summed E-state index contributed by atoms with van der Waals surface area (Å²) in [6, 6.07) is 10.7. The number of thioether (sulfide) groups is 1. The summed E-state index contributed by atoms with van der Waals surface area (Å²) in [6.45, 7) is 0. The normalized spacial score (nSPS) is 10.5. The Morgan fingerprint density at radius 3 is 2.72 bits per heavy atom. The number of ether oxygens (including phenoxy) is 2. The highest BCUT2D eigenvalue weighted by Crippen LogP contribution is 2.28. The topological polar surface area (TPSA) is 79.1 Å². The Bertz CT molecular complexity index is 867. The molecule has 2 aromatic heterocycles. The van der Waals surface area contributed by atoms with Crippen molar-refractivity contribution in [3.63, 3.8) is 0 Å². The summed E-state index contributed by atoms with van der Waals surface area (Å²) in [7, 11) is 3.09. The lowest BCUT2D eigenvalue weighted by Gasteiger charge is -2.09. The zero-order valence-electron chi connectivity index (χ0n) is 13.7. The molecule has 0 N–H and O–H groups in total. The molecule has 2 heterocycles. The van der Waals surface area contributed by atoms with Crippen molar-refractivity contribution in [3.8, 4) is 17.3 Å². The molecule has 0 atom stereocenters. The van der Waals surface area contributed by atoms with E-state index in [1.807, 2.05) is 18.2 Å². The lowest BCUT2D eigenvalue weighted by Crippen LogP contribution is -2.05. The van der Waals surface area contributed by atoms with Crippen molar-refractivity contribution >= 4 is 17.5 Å². The Balaban J connectivity index is 1.73. The fraction of sp³-hybridized carbons (Fsp3) is 0.176. The molecule has 1 aromatic carbocycles. The van der Waals surface area contributed by atoms with Crippen LogP contribution in [0.1, 0.15) is 10.4 Å². The summed E-state index contributed by atoms with van der Waals surface area (Å²) < 4.78 is 12.2. The van der Waals surface area contributed by atoms with Crippen molar-refractivity contribution in [1.29, 1.82) is 0 Å². The molecule has 0 aliphatic heterocycles. The summed E-state index contributed by atoms with van der Waals surface area (Å²) in [4.78, 5) is 16.7. The smallest absolute Gasteiger partial charge is 0.197 e. The number of ketones is 1. The largest absolute Gasteiger partial charge is 0.493 e. The van der Waals surface area contributed by atoms with E-state index >= 15 is 0 Å². The van der Waals surface area contributed by atoms with Crippen LogP contribution in [0.2, 0.25) is 0 Å². The minimum absolute atomic E-state index is 0.0403. The van der Waals surface area contributed by atoms with Crippen molar-refractivity contribution in [2.45, 2.75) is 5.16 Å². The van der Waals surface area contributed by atoms with E-state index in [0.717, 1.165) is 0 Å². The fourth-order valence-electron chi connectivity index (χ4n) is 2.20. The molecule has 0 bridgehead atoms. The van der Waals surface area contributed by atoms with Gasteiger partial charge in [0, 0.05) is 11.8 Å². The van der Waals surface area contributed by atoms with Crippen molar-refractivity contribution in [2.75, 3.05) is 20.0 Å². The molecular weight excluding hydrogens is 340 g/mol. The second-order valence-corrected chi connectivity index (χ2v) is 5.90. The van der Waals surface area contributed by atoms with E-state index in [1.165, 1.54) is 18.9 Å². The number of methoxy groups -OCH3 is 2. The molecule has 0 fully saturated rings. The monoisotopic (exact) mass is 356 g/mol. The average Bonchev–Trinajstić information content (AvgIpc) is 3.14. The van der Waals surface area contributed by atoms with E-state index in [2.05, 4.69) is 15.2 Å². The van der Waals surface area contributed by atoms with Crippen LogP contribution in [0.15, 0.2) is 54.1 Å². The summed E-state index contributed by atoms with van der Waals surface area (Å²) in [5.74, 6) is 1.99. The summed E-state index contributed by atoms with van der Waals surface area (Å²) in [5, 5.41) is 8.57. The molecule has 0 aliphatic rings. The Labute approximate surface area is 149 Å². The van der Waals surface area contributed by atoms with Gasteiger partial charge in [0.1, 0.15) is 12.1 Å². The van der Waals surface area contributed by atoms with Crippen LogP contribution in [0.3, 0.4) is 0 Å². The lowest BCUT2D eigenvalue weighted by molar-refractivity contribution is 0.102. The van der Waals surface area contributed by atoms with Crippen LogP contribution in [0.4, 0.5) is 0 Å². The molecule has 25 heavy (non-hydrogen) atoms. The van der Waals surface area contributed by atoms with E-state index < -0.39 is 0 Å². The second kappa shape index (κ2) is 7.80. The molecule has 3 rings (SSSR count). The average molecular weight is 356 g/mol. The van der Waals surface area contributed by atoms with E-state index in [0.29, 0.717) is 28.0 Å². The Morgan fingerprint density at radius 1 is 1.16 bits per heavy atom. The van der Waals surface area contributed by atoms with Crippen LogP contribution in [-0.4, -0.2) is 45.5 Å². The first-order valence-corrected chi connectivity index (χ1v) is 8.41. The number of aromatic nitrogens is 4. The van der Waals surface area contributed by atoms with Gasteiger partial charge in [0.05, 0.1) is 20.0 Å². The molecule has 0 radical (unpaired) electrons. The van der Waals surface area contributed by atoms with Crippen LogP contribution in [-0.2, 0) is 0 Å². The number of hydrogen-bond acceptors (Lipinski definition) is 7. The molecule has 128 valence electrons. The van der Waals surface area contributed by atoms with Gasteiger partial charge in [0.25, 0.3) is 0 Å². The number of hydrogen-bond donors (Lipinski definition) is 0. The first kappa shape index (κ1) is 17.0. The Kier molecular flexibility index (Phi) is 5.30. The molecule has 0 saturated heterocycles. The number of benzene rings is 1. The summed E-state index contributed by atoms with van der Waals surface area (Å²) >= 11 is 1.30. The SMILES string of the molecule is COc1ccc(C(=O)CSc2nncn2-c2ccccn2)cc1OC. The standard InChI is InChI=1S/C17H16N4O3S/c1-23-14-7-6-12(9-15(14)24-2)13(22)10-25-17-20-19-11-21(17)16-5-3-4-8-18-16/h3-9,11H,10H2,1-2H3. The van der Waals surface area contributed by atoms with Gasteiger partial charge < -0.3 is 9.47 Å². The van der Waals surface area contributed by atoms with Crippen molar-refractivity contribution in [1.82, 2.24) is 19.7 Å². The quantitative estimate of drug-likeness (QED) is 0.475. The Morgan fingerprint density at radius 2 is 2.00 bits per heavy atom. The molecular formula is C17H16N4O3S. The molecule has 3 aromatic rings. The van der Waals surface area contributed by atoms with Crippen molar-refractivity contribution in [2.24, 2.45) is 0 Å². The zero-order valence-corrected chi connectivity index (χ0v) is 14.6. The van der Waals surface area contributed by atoms with Crippen LogP contribution in [0.25, 0.3) is 5.82 Å². The first-order valence-electron chi connectivity index (χ1n) is 7.42. The van der Waals surface area contributed by atoms with Crippen molar-refractivity contribution in [3.05, 3.63) is 54.5 Å². The molecule has 0 unspecified atom stereocenters. The lowest BCUT2D eigenvalue weighted by atomic mass is 10.1. The summed E-state index contributed by atoms with van der Waals surface area (Å²) in [5.41, 5.74) is 0.550. The minimum Gasteiger partial charge on any atom is -0.493 e. The van der Waals surface area contributed by atoms with Crippen LogP contribution in [0.5, 0.6) is 11.5 Å². The van der Waals surface area contributed by atoms with Gasteiger partial charge in [0.15, 0.2) is 22.4 Å². The van der Waals surface area contributed by atoms with E-state index in [9.17, 15) is 4.79 Å². The van der Waals surface area contributed by atoms with Crippen LogP contribution >= 0.6 is 11.8 Å². The predicted octanol–water partition coefficient (Wildman–Crippen LogP) is 2.65. The number of nitrogens with zero attached hydrogens (tertiary/aromatic N) is 4. The molecule has 0 spiro atoms.